The van der Waals surface area contributed by atoms with Gasteiger partial charge in [0, 0.05) is 10.0 Å². The highest BCUT2D eigenvalue weighted by atomic mass is 79.9. The van der Waals surface area contributed by atoms with Crippen molar-refractivity contribution in [2.45, 2.75) is 13.8 Å². The van der Waals surface area contributed by atoms with Gasteiger partial charge in [0.15, 0.2) is 5.78 Å². The van der Waals surface area contributed by atoms with Gasteiger partial charge in [0.1, 0.15) is 11.5 Å². The molecule has 2 nitrogen and oxygen atoms in total. The van der Waals surface area contributed by atoms with Gasteiger partial charge in [-0.3, -0.25) is 4.79 Å². The van der Waals surface area contributed by atoms with Crippen LogP contribution in [0.3, 0.4) is 0 Å². The Hall–Kier alpha value is -1.06. The summed E-state index contributed by atoms with van der Waals surface area (Å²) < 4.78 is 6.19. The van der Waals surface area contributed by atoms with Crippen molar-refractivity contribution in [1.82, 2.24) is 0 Å². The first-order valence-corrected chi connectivity index (χ1v) is 6.23. The van der Waals surface area contributed by atoms with Crippen molar-refractivity contribution in [3.05, 3.63) is 56.4 Å². The summed E-state index contributed by atoms with van der Waals surface area (Å²) in [7, 11) is 0. The van der Waals surface area contributed by atoms with E-state index < -0.39 is 0 Å². The van der Waals surface area contributed by atoms with E-state index in [1.807, 2.05) is 6.92 Å². The number of halogens is 2. The molecular formula is C13H10BrClO2. The summed E-state index contributed by atoms with van der Waals surface area (Å²) in [5, 5.41) is 0.433. The van der Waals surface area contributed by atoms with Crippen molar-refractivity contribution in [3.8, 4) is 0 Å². The molecule has 0 saturated carbocycles. The zero-order chi connectivity index (χ0) is 12.6. The predicted molar refractivity (Wildman–Crippen MR) is 70.8 cm³/mol. The molecule has 88 valence electrons. The highest BCUT2D eigenvalue weighted by Crippen LogP contribution is 2.25. The highest BCUT2D eigenvalue weighted by Gasteiger charge is 2.18. The van der Waals surface area contributed by atoms with Crippen LogP contribution in [0.2, 0.25) is 5.02 Å². The first-order valence-electron chi connectivity index (χ1n) is 5.06. The van der Waals surface area contributed by atoms with Crippen LogP contribution in [0, 0.1) is 13.8 Å². The van der Waals surface area contributed by atoms with Gasteiger partial charge in [0.25, 0.3) is 0 Å². The SMILES string of the molecule is Cc1cc(C(=O)c2ccc(Br)cc2Cl)c(C)o1. The van der Waals surface area contributed by atoms with E-state index in [9.17, 15) is 4.79 Å². The molecule has 2 rings (SSSR count). The lowest BCUT2D eigenvalue weighted by atomic mass is 10.0. The smallest absolute Gasteiger partial charge is 0.198 e. The van der Waals surface area contributed by atoms with E-state index in [4.69, 9.17) is 16.0 Å². The van der Waals surface area contributed by atoms with Gasteiger partial charge in [0.05, 0.1) is 10.6 Å². The number of furan rings is 1. The summed E-state index contributed by atoms with van der Waals surface area (Å²) in [6.07, 6.45) is 0. The summed E-state index contributed by atoms with van der Waals surface area (Å²) in [5.41, 5.74) is 1.05. The molecule has 0 aliphatic carbocycles. The number of carbonyl (C=O) groups is 1. The molecule has 0 saturated heterocycles. The Morgan fingerprint density at radius 2 is 1.94 bits per heavy atom. The maximum Gasteiger partial charge on any atom is 0.198 e. The number of aryl methyl sites for hydroxylation is 2. The quantitative estimate of drug-likeness (QED) is 0.762. The molecule has 0 unspecified atom stereocenters. The lowest BCUT2D eigenvalue weighted by Gasteiger charge is -2.02. The molecule has 0 spiro atoms. The van der Waals surface area contributed by atoms with Crippen LogP contribution >= 0.6 is 27.5 Å². The lowest BCUT2D eigenvalue weighted by Crippen LogP contribution is -2.02. The third-order valence-corrected chi connectivity index (χ3v) is 3.27. The first kappa shape index (κ1) is 12.4. The second-order valence-corrected chi connectivity index (χ2v) is 5.10. The Labute approximate surface area is 113 Å². The minimum absolute atomic E-state index is 0.114. The van der Waals surface area contributed by atoms with Crippen molar-refractivity contribution < 1.29 is 9.21 Å². The molecule has 0 fully saturated rings. The van der Waals surface area contributed by atoms with Crippen molar-refractivity contribution in [2.24, 2.45) is 0 Å². The number of ketones is 1. The number of carbonyl (C=O) groups excluding carboxylic acids is 1. The van der Waals surface area contributed by atoms with Crippen LogP contribution < -0.4 is 0 Å². The molecule has 1 heterocycles. The number of benzene rings is 1. The number of hydrogen-bond acceptors (Lipinski definition) is 2. The molecule has 2 aromatic rings. The van der Waals surface area contributed by atoms with Crippen molar-refractivity contribution in [3.63, 3.8) is 0 Å². The summed E-state index contributed by atoms with van der Waals surface area (Å²) in [6, 6.07) is 6.94. The lowest BCUT2D eigenvalue weighted by molar-refractivity contribution is 0.103. The normalized spacial score (nSPS) is 10.6. The largest absolute Gasteiger partial charge is 0.466 e. The monoisotopic (exact) mass is 312 g/mol. The molecule has 0 N–H and O–H groups in total. The minimum Gasteiger partial charge on any atom is -0.466 e. The molecule has 0 radical (unpaired) electrons. The Bertz CT molecular complexity index is 587. The second kappa shape index (κ2) is 4.67. The van der Waals surface area contributed by atoms with Crippen LogP contribution in [0.5, 0.6) is 0 Å². The standard InChI is InChI=1S/C13H10BrClO2/c1-7-5-11(8(2)17-7)13(16)10-4-3-9(14)6-12(10)15/h3-6H,1-2H3. The second-order valence-electron chi connectivity index (χ2n) is 3.78. The van der Waals surface area contributed by atoms with E-state index in [2.05, 4.69) is 15.9 Å². The van der Waals surface area contributed by atoms with E-state index in [1.54, 1.807) is 31.2 Å². The van der Waals surface area contributed by atoms with Gasteiger partial charge in [-0.1, -0.05) is 27.5 Å². The van der Waals surface area contributed by atoms with Gasteiger partial charge in [0.2, 0.25) is 0 Å². The van der Waals surface area contributed by atoms with Gasteiger partial charge in [-0.15, -0.1) is 0 Å². The Kier molecular flexibility index (Phi) is 3.40. The molecular weight excluding hydrogens is 303 g/mol. The maximum atomic E-state index is 12.3. The molecule has 0 aliphatic rings. The van der Waals surface area contributed by atoms with Crippen LogP contribution in [0.25, 0.3) is 0 Å². The molecule has 0 aliphatic heterocycles. The summed E-state index contributed by atoms with van der Waals surface area (Å²) >= 11 is 9.36. The zero-order valence-corrected chi connectivity index (χ0v) is 11.7. The fourth-order valence-electron chi connectivity index (χ4n) is 1.67. The fourth-order valence-corrected chi connectivity index (χ4v) is 2.43. The Morgan fingerprint density at radius 1 is 1.24 bits per heavy atom. The van der Waals surface area contributed by atoms with Crippen LogP contribution in [-0.4, -0.2) is 5.78 Å². The average molecular weight is 314 g/mol. The molecule has 1 aromatic carbocycles. The van der Waals surface area contributed by atoms with Gasteiger partial charge in [-0.25, -0.2) is 0 Å². The molecule has 0 bridgehead atoms. The van der Waals surface area contributed by atoms with Crippen LogP contribution in [0.4, 0.5) is 0 Å². The van der Waals surface area contributed by atoms with Crippen LogP contribution in [0.15, 0.2) is 33.2 Å². The topological polar surface area (TPSA) is 30.2 Å². The zero-order valence-electron chi connectivity index (χ0n) is 9.38. The number of hydrogen-bond donors (Lipinski definition) is 0. The Balaban J connectivity index is 2.47. The van der Waals surface area contributed by atoms with E-state index in [-0.39, 0.29) is 5.78 Å². The third kappa shape index (κ3) is 2.45. The fraction of sp³-hybridized carbons (Fsp3) is 0.154. The molecule has 0 atom stereocenters. The van der Waals surface area contributed by atoms with E-state index in [0.29, 0.717) is 21.9 Å². The molecule has 17 heavy (non-hydrogen) atoms. The van der Waals surface area contributed by atoms with E-state index in [0.717, 1.165) is 10.2 Å². The average Bonchev–Trinajstić information content (AvgIpc) is 2.57. The molecule has 4 heteroatoms. The van der Waals surface area contributed by atoms with E-state index >= 15 is 0 Å². The van der Waals surface area contributed by atoms with Gasteiger partial charge < -0.3 is 4.42 Å². The van der Waals surface area contributed by atoms with Crippen LogP contribution in [0.1, 0.15) is 27.4 Å². The van der Waals surface area contributed by atoms with Gasteiger partial charge in [-0.05, 0) is 38.1 Å². The number of rotatable bonds is 2. The van der Waals surface area contributed by atoms with Crippen LogP contribution in [-0.2, 0) is 0 Å². The van der Waals surface area contributed by atoms with Gasteiger partial charge >= 0.3 is 0 Å². The maximum absolute atomic E-state index is 12.3. The predicted octanol–water partition coefficient (Wildman–Crippen LogP) is 4.54. The molecule has 0 amide bonds. The Morgan fingerprint density at radius 3 is 2.47 bits per heavy atom. The van der Waals surface area contributed by atoms with E-state index in [1.165, 1.54) is 0 Å². The first-order chi connectivity index (χ1) is 7.99. The minimum atomic E-state index is -0.114. The third-order valence-electron chi connectivity index (χ3n) is 2.46. The van der Waals surface area contributed by atoms with Crippen molar-refractivity contribution in [1.29, 1.82) is 0 Å². The molecule has 1 aromatic heterocycles. The van der Waals surface area contributed by atoms with Crippen molar-refractivity contribution in [2.75, 3.05) is 0 Å². The highest BCUT2D eigenvalue weighted by molar-refractivity contribution is 9.10. The summed E-state index contributed by atoms with van der Waals surface area (Å²) in [4.78, 5) is 12.3. The van der Waals surface area contributed by atoms with Gasteiger partial charge in [-0.2, -0.15) is 0 Å². The van der Waals surface area contributed by atoms with Crippen molar-refractivity contribution >= 4 is 33.3 Å². The summed E-state index contributed by atoms with van der Waals surface area (Å²) in [5.74, 6) is 1.22. The summed E-state index contributed by atoms with van der Waals surface area (Å²) in [6.45, 7) is 3.58.